The number of carbonyl (C=O) groups is 2. The molecule has 134 valence electrons. The molecule has 3 rings (SSSR count). The van der Waals surface area contributed by atoms with E-state index >= 15 is 0 Å². The van der Waals surface area contributed by atoms with Crippen LogP contribution in [0, 0.1) is 0 Å². The van der Waals surface area contributed by atoms with Gasteiger partial charge in [-0.25, -0.2) is 14.2 Å². The molecule has 0 spiro atoms. The number of alkyl halides is 3. The van der Waals surface area contributed by atoms with Gasteiger partial charge in [-0.3, -0.25) is 9.69 Å². The van der Waals surface area contributed by atoms with Crippen molar-refractivity contribution in [2.24, 2.45) is 0 Å². The van der Waals surface area contributed by atoms with Crippen molar-refractivity contribution in [2.45, 2.75) is 31.6 Å². The number of aromatic carboxylic acids is 1. The Morgan fingerprint density at radius 3 is 2.60 bits per heavy atom. The minimum absolute atomic E-state index is 0.0226. The molecule has 1 N–H and O–H groups in total. The second kappa shape index (κ2) is 5.90. The normalized spacial score (nSPS) is 18.7. The number of halogens is 3. The van der Waals surface area contributed by atoms with Crippen LogP contribution in [-0.4, -0.2) is 49.3 Å². The van der Waals surface area contributed by atoms with Crippen molar-refractivity contribution >= 4 is 17.7 Å². The molecule has 2 atom stereocenters. The molecule has 2 aromatic heterocycles. The summed E-state index contributed by atoms with van der Waals surface area (Å²) in [6.07, 6.45) is -2.37. The lowest BCUT2D eigenvalue weighted by atomic mass is 10.1. The molecule has 0 radical (unpaired) electrons. The van der Waals surface area contributed by atoms with Crippen LogP contribution in [0.3, 0.4) is 0 Å². The topological polar surface area (TPSA) is 93.3 Å². The smallest absolute Gasteiger partial charge is 0.410 e. The predicted molar refractivity (Wildman–Crippen MR) is 78.2 cm³/mol. The maximum absolute atomic E-state index is 13.1. The third-order valence-electron chi connectivity index (χ3n) is 4.10. The van der Waals surface area contributed by atoms with Crippen LogP contribution in [0.4, 0.5) is 19.0 Å². The molecule has 0 aromatic carbocycles. The highest BCUT2D eigenvalue weighted by Crippen LogP contribution is 2.39. The Morgan fingerprint density at radius 2 is 1.96 bits per heavy atom. The van der Waals surface area contributed by atoms with E-state index in [1.807, 2.05) is 0 Å². The monoisotopic (exact) mass is 357 g/mol. The zero-order valence-electron chi connectivity index (χ0n) is 13.0. The Kier molecular flexibility index (Phi) is 4.01. The van der Waals surface area contributed by atoms with Gasteiger partial charge in [0.25, 0.3) is 5.91 Å². The quantitative estimate of drug-likeness (QED) is 0.905. The Hall–Kier alpha value is -2.85. The fourth-order valence-corrected chi connectivity index (χ4v) is 2.90. The van der Waals surface area contributed by atoms with E-state index in [4.69, 9.17) is 5.11 Å². The standard InChI is InChI=1S/C14H14F3N5O3/c1-8(21-9(13(24)25)2-5-18-21)12(23)20-7-4-10(14(15,16)17)22-11(20)3-6-19-22/h2-3,5-6,8,10H,4,7H2,1H3,(H,24,25). The maximum Gasteiger partial charge on any atom is 0.410 e. The SMILES string of the molecule is CC(C(=O)N1CCC(C(F)(F)F)n2nccc21)n1nccc1C(=O)O. The molecule has 8 nitrogen and oxygen atoms in total. The molecule has 1 aliphatic rings. The van der Waals surface area contributed by atoms with Gasteiger partial charge in [0, 0.05) is 18.8 Å². The number of carbonyl (C=O) groups excluding carboxylic acids is 1. The van der Waals surface area contributed by atoms with Gasteiger partial charge in [0.05, 0.1) is 6.20 Å². The summed E-state index contributed by atoms with van der Waals surface area (Å²) in [6, 6.07) is -0.223. The van der Waals surface area contributed by atoms with Gasteiger partial charge in [0.15, 0.2) is 6.04 Å². The number of aromatic nitrogens is 4. The van der Waals surface area contributed by atoms with Crippen LogP contribution in [0.25, 0.3) is 0 Å². The number of amides is 1. The average Bonchev–Trinajstić information content (AvgIpc) is 3.20. The summed E-state index contributed by atoms with van der Waals surface area (Å²) in [4.78, 5) is 25.1. The van der Waals surface area contributed by atoms with Crippen molar-refractivity contribution in [3.63, 3.8) is 0 Å². The van der Waals surface area contributed by atoms with Gasteiger partial charge in [-0.05, 0) is 19.4 Å². The molecule has 0 fully saturated rings. The van der Waals surface area contributed by atoms with Crippen LogP contribution in [0.1, 0.15) is 35.9 Å². The highest BCUT2D eigenvalue weighted by Gasteiger charge is 2.46. The zero-order valence-corrected chi connectivity index (χ0v) is 13.0. The molecular weight excluding hydrogens is 343 g/mol. The molecule has 25 heavy (non-hydrogen) atoms. The third-order valence-corrected chi connectivity index (χ3v) is 4.10. The summed E-state index contributed by atoms with van der Waals surface area (Å²) < 4.78 is 41.1. The van der Waals surface area contributed by atoms with Crippen molar-refractivity contribution in [1.82, 2.24) is 19.6 Å². The third kappa shape index (κ3) is 2.85. The summed E-state index contributed by atoms with van der Waals surface area (Å²) in [5.41, 5.74) is -0.181. The van der Waals surface area contributed by atoms with E-state index in [2.05, 4.69) is 10.2 Å². The second-order valence-electron chi connectivity index (χ2n) is 5.61. The van der Waals surface area contributed by atoms with Crippen molar-refractivity contribution in [2.75, 3.05) is 11.4 Å². The van der Waals surface area contributed by atoms with Gasteiger partial charge in [-0.2, -0.15) is 23.4 Å². The van der Waals surface area contributed by atoms with Crippen molar-refractivity contribution in [3.8, 4) is 0 Å². The lowest BCUT2D eigenvalue weighted by Crippen LogP contribution is -2.45. The summed E-state index contributed by atoms with van der Waals surface area (Å²) in [5.74, 6) is -1.79. The number of hydrogen-bond acceptors (Lipinski definition) is 4. The first-order chi connectivity index (χ1) is 11.7. The first-order valence-corrected chi connectivity index (χ1v) is 7.40. The van der Waals surface area contributed by atoms with Gasteiger partial charge >= 0.3 is 12.1 Å². The van der Waals surface area contributed by atoms with E-state index in [0.717, 1.165) is 9.36 Å². The second-order valence-corrected chi connectivity index (χ2v) is 5.61. The molecule has 0 saturated carbocycles. The number of anilines is 1. The largest absolute Gasteiger partial charge is 0.477 e. The summed E-state index contributed by atoms with van der Waals surface area (Å²) in [6.45, 7) is 1.29. The van der Waals surface area contributed by atoms with Gasteiger partial charge in [0.2, 0.25) is 0 Å². The average molecular weight is 357 g/mol. The van der Waals surface area contributed by atoms with E-state index < -0.39 is 30.1 Å². The fourth-order valence-electron chi connectivity index (χ4n) is 2.90. The fraction of sp³-hybridized carbons (Fsp3) is 0.429. The molecular formula is C14H14F3N5O3. The van der Waals surface area contributed by atoms with Crippen LogP contribution in [-0.2, 0) is 4.79 Å². The van der Waals surface area contributed by atoms with Gasteiger partial charge in [-0.15, -0.1) is 0 Å². The lowest BCUT2D eigenvalue weighted by molar-refractivity contribution is -0.173. The number of carboxylic acid groups (broad SMARTS) is 1. The Bertz CT molecular complexity index is 813. The van der Waals surface area contributed by atoms with Crippen molar-refractivity contribution in [1.29, 1.82) is 0 Å². The minimum atomic E-state index is -4.47. The number of nitrogens with zero attached hydrogens (tertiary/aromatic N) is 5. The molecule has 0 aliphatic carbocycles. The number of hydrogen-bond donors (Lipinski definition) is 1. The first kappa shape index (κ1) is 17.0. The predicted octanol–water partition coefficient (Wildman–Crippen LogP) is 1.88. The summed E-state index contributed by atoms with van der Waals surface area (Å²) in [5, 5.41) is 16.6. The van der Waals surface area contributed by atoms with E-state index in [1.54, 1.807) is 0 Å². The van der Waals surface area contributed by atoms with Crippen LogP contribution < -0.4 is 4.90 Å². The Balaban J connectivity index is 1.91. The highest BCUT2D eigenvalue weighted by molar-refractivity contribution is 5.96. The van der Waals surface area contributed by atoms with Crippen LogP contribution in [0.15, 0.2) is 24.5 Å². The van der Waals surface area contributed by atoms with Gasteiger partial charge in [-0.1, -0.05) is 0 Å². The zero-order chi connectivity index (χ0) is 18.4. The van der Waals surface area contributed by atoms with Crippen molar-refractivity contribution < 1.29 is 27.9 Å². The summed E-state index contributed by atoms with van der Waals surface area (Å²) >= 11 is 0. The van der Waals surface area contributed by atoms with Gasteiger partial charge < -0.3 is 5.11 Å². The minimum Gasteiger partial charge on any atom is -0.477 e. The Labute approximate surface area is 139 Å². The van der Waals surface area contributed by atoms with E-state index in [-0.39, 0.29) is 24.5 Å². The number of fused-ring (bicyclic) bond motifs is 1. The molecule has 1 aliphatic heterocycles. The summed E-state index contributed by atoms with van der Waals surface area (Å²) in [7, 11) is 0. The molecule has 2 unspecified atom stereocenters. The number of carboxylic acids is 1. The van der Waals surface area contributed by atoms with Crippen LogP contribution >= 0.6 is 0 Å². The van der Waals surface area contributed by atoms with E-state index in [0.29, 0.717) is 0 Å². The van der Waals surface area contributed by atoms with Crippen molar-refractivity contribution in [3.05, 3.63) is 30.2 Å². The first-order valence-electron chi connectivity index (χ1n) is 7.40. The highest BCUT2D eigenvalue weighted by atomic mass is 19.4. The van der Waals surface area contributed by atoms with Gasteiger partial charge in [0.1, 0.15) is 17.6 Å². The van der Waals surface area contributed by atoms with E-state index in [9.17, 15) is 22.8 Å². The van der Waals surface area contributed by atoms with E-state index in [1.165, 1.54) is 36.4 Å². The number of rotatable bonds is 3. The van der Waals surface area contributed by atoms with Crippen LogP contribution in [0.2, 0.25) is 0 Å². The lowest BCUT2D eigenvalue weighted by Gasteiger charge is -2.35. The molecule has 11 heteroatoms. The molecule has 0 saturated heterocycles. The molecule has 0 bridgehead atoms. The molecule has 2 aromatic rings. The molecule has 1 amide bonds. The van der Waals surface area contributed by atoms with Crippen LogP contribution in [0.5, 0.6) is 0 Å². The Morgan fingerprint density at radius 1 is 1.28 bits per heavy atom. The molecule has 3 heterocycles. The maximum atomic E-state index is 13.1.